The van der Waals surface area contributed by atoms with Gasteiger partial charge >= 0.3 is 0 Å². The van der Waals surface area contributed by atoms with Crippen LogP contribution in [0.25, 0.3) is 0 Å². The van der Waals surface area contributed by atoms with Crippen LogP contribution < -0.4 is 4.74 Å². The van der Waals surface area contributed by atoms with Crippen LogP contribution in [0.4, 0.5) is 4.39 Å². The second kappa shape index (κ2) is 7.47. The molecule has 2 heterocycles. The smallest absolute Gasteiger partial charge is 0.260 e. The van der Waals surface area contributed by atoms with Gasteiger partial charge in [-0.1, -0.05) is 11.6 Å². The van der Waals surface area contributed by atoms with Crippen LogP contribution in [0.1, 0.15) is 6.42 Å². The van der Waals surface area contributed by atoms with Crippen molar-refractivity contribution in [1.29, 1.82) is 0 Å². The molecular weight excluding hydrogens is 371 g/mol. The zero-order valence-corrected chi connectivity index (χ0v) is 15.2. The van der Waals surface area contributed by atoms with E-state index in [2.05, 4.69) is 4.90 Å². The van der Waals surface area contributed by atoms with Gasteiger partial charge in [0.15, 0.2) is 16.4 Å². The van der Waals surface area contributed by atoms with E-state index in [0.29, 0.717) is 32.6 Å². The van der Waals surface area contributed by atoms with Crippen molar-refractivity contribution in [2.24, 2.45) is 0 Å². The van der Waals surface area contributed by atoms with Crippen LogP contribution in [0.5, 0.6) is 5.75 Å². The van der Waals surface area contributed by atoms with Gasteiger partial charge in [0, 0.05) is 32.2 Å². The fourth-order valence-corrected chi connectivity index (χ4v) is 5.21. The molecule has 0 radical (unpaired) electrons. The third-order valence-corrected chi connectivity index (χ3v) is 6.68. The molecule has 0 unspecified atom stereocenters. The predicted octanol–water partition coefficient (Wildman–Crippen LogP) is 1.19. The molecule has 1 aromatic carbocycles. The van der Waals surface area contributed by atoms with Gasteiger partial charge in [-0.25, -0.2) is 12.8 Å². The number of benzene rings is 1. The summed E-state index contributed by atoms with van der Waals surface area (Å²) in [5, 5.41) is 0.125. The molecule has 0 aliphatic carbocycles. The largest absolute Gasteiger partial charge is 0.482 e. The Morgan fingerprint density at radius 2 is 2.00 bits per heavy atom. The molecule has 1 amide bonds. The number of amides is 1. The van der Waals surface area contributed by atoms with E-state index < -0.39 is 15.7 Å². The molecule has 2 aliphatic rings. The summed E-state index contributed by atoms with van der Waals surface area (Å²) in [5.74, 6) is 0.106. The summed E-state index contributed by atoms with van der Waals surface area (Å²) in [4.78, 5) is 16.1. The first kappa shape index (κ1) is 18.4. The number of rotatable bonds is 4. The monoisotopic (exact) mass is 390 g/mol. The van der Waals surface area contributed by atoms with E-state index in [0.717, 1.165) is 6.07 Å². The van der Waals surface area contributed by atoms with Crippen LogP contribution >= 0.6 is 11.6 Å². The van der Waals surface area contributed by atoms with Gasteiger partial charge in [-0.15, -0.1) is 0 Å². The van der Waals surface area contributed by atoms with Crippen LogP contribution in [0.3, 0.4) is 0 Å². The minimum atomic E-state index is -2.90. The first-order valence-corrected chi connectivity index (χ1v) is 10.3. The third-order valence-electron chi connectivity index (χ3n) is 4.64. The average molecular weight is 391 g/mol. The van der Waals surface area contributed by atoms with Gasteiger partial charge in [-0.2, -0.15) is 0 Å². The summed E-state index contributed by atoms with van der Waals surface area (Å²) < 4.78 is 41.5. The minimum Gasteiger partial charge on any atom is -0.482 e. The lowest BCUT2D eigenvalue weighted by Crippen LogP contribution is -2.53. The number of ether oxygens (including phenoxy) is 1. The second-order valence-corrected chi connectivity index (χ2v) is 8.97. The quantitative estimate of drug-likeness (QED) is 0.772. The lowest BCUT2D eigenvalue weighted by molar-refractivity contribution is -0.135. The van der Waals surface area contributed by atoms with Crippen molar-refractivity contribution in [2.45, 2.75) is 12.5 Å². The maximum atomic E-state index is 13.0. The molecule has 0 bridgehead atoms. The third kappa shape index (κ3) is 4.62. The Morgan fingerprint density at radius 1 is 1.28 bits per heavy atom. The van der Waals surface area contributed by atoms with Crippen LogP contribution in [0.2, 0.25) is 5.02 Å². The Kier molecular flexibility index (Phi) is 5.50. The van der Waals surface area contributed by atoms with Crippen LogP contribution in [0, 0.1) is 5.82 Å². The Morgan fingerprint density at radius 3 is 2.60 bits per heavy atom. The Labute approximate surface area is 151 Å². The number of piperazine rings is 1. The number of sulfone groups is 1. The number of hydrogen-bond donors (Lipinski definition) is 0. The van der Waals surface area contributed by atoms with Crippen molar-refractivity contribution in [3.63, 3.8) is 0 Å². The van der Waals surface area contributed by atoms with Crippen molar-refractivity contribution in [1.82, 2.24) is 9.80 Å². The molecule has 3 rings (SSSR count). The molecule has 0 saturated carbocycles. The highest BCUT2D eigenvalue weighted by Gasteiger charge is 2.34. The lowest BCUT2D eigenvalue weighted by Gasteiger charge is -2.37. The summed E-state index contributed by atoms with van der Waals surface area (Å²) in [6, 6.07) is 3.82. The van der Waals surface area contributed by atoms with E-state index in [4.69, 9.17) is 16.3 Å². The van der Waals surface area contributed by atoms with Gasteiger partial charge < -0.3 is 9.64 Å². The lowest BCUT2D eigenvalue weighted by atomic mass is 10.2. The fraction of sp³-hybridized carbons (Fsp3) is 0.562. The summed E-state index contributed by atoms with van der Waals surface area (Å²) in [5.41, 5.74) is 0. The first-order chi connectivity index (χ1) is 11.8. The molecule has 9 heteroatoms. The molecule has 1 atom stereocenters. The SMILES string of the molecule is O=C(COc1ccc(F)cc1Cl)N1CCN([C@H]2CCS(=O)(=O)C2)CC1. The van der Waals surface area contributed by atoms with Gasteiger partial charge in [0.1, 0.15) is 11.6 Å². The van der Waals surface area contributed by atoms with E-state index in [1.807, 2.05) is 0 Å². The number of halogens is 2. The maximum absolute atomic E-state index is 13.0. The molecule has 2 saturated heterocycles. The molecule has 25 heavy (non-hydrogen) atoms. The van der Waals surface area contributed by atoms with E-state index in [1.165, 1.54) is 12.1 Å². The average Bonchev–Trinajstić information content (AvgIpc) is 2.94. The zero-order valence-electron chi connectivity index (χ0n) is 13.7. The van der Waals surface area contributed by atoms with Crippen molar-refractivity contribution in [3.05, 3.63) is 29.0 Å². The molecule has 0 spiro atoms. The molecule has 2 fully saturated rings. The van der Waals surface area contributed by atoms with E-state index >= 15 is 0 Å². The fourth-order valence-electron chi connectivity index (χ4n) is 3.22. The predicted molar refractivity (Wildman–Crippen MR) is 92.1 cm³/mol. The normalized spacial score (nSPS) is 23.6. The molecule has 0 aromatic heterocycles. The van der Waals surface area contributed by atoms with Gasteiger partial charge in [-0.05, 0) is 24.6 Å². The van der Waals surface area contributed by atoms with Gasteiger partial charge in [0.2, 0.25) is 0 Å². The Balaban J connectivity index is 1.47. The molecular formula is C16H20ClFN2O4S. The van der Waals surface area contributed by atoms with Gasteiger partial charge in [0.05, 0.1) is 16.5 Å². The molecule has 0 N–H and O–H groups in total. The number of hydrogen-bond acceptors (Lipinski definition) is 5. The summed E-state index contributed by atoms with van der Waals surface area (Å²) in [7, 11) is -2.90. The van der Waals surface area contributed by atoms with Crippen molar-refractivity contribution in [3.8, 4) is 5.75 Å². The Bertz CT molecular complexity index is 751. The summed E-state index contributed by atoms with van der Waals surface area (Å²) in [6.07, 6.45) is 0.669. The number of carbonyl (C=O) groups is 1. The van der Waals surface area contributed by atoms with Crippen LogP contribution in [0.15, 0.2) is 18.2 Å². The maximum Gasteiger partial charge on any atom is 0.260 e. The first-order valence-electron chi connectivity index (χ1n) is 8.14. The zero-order chi connectivity index (χ0) is 18.0. The number of carbonyl (C=O) groups excluding carboxylic acids is 1. The van der Waals surface area contributed by atoms with Crippen molar-refractivity contribution >= 4 is 27.3 Å². The van der Waals surface area contributed by atoms with Crippen molar-refractivity contribution in [2.75, 3.05) is 44.3 Å². The second-order valence-electron chi connectivity index (χ2n) is 6.34. The standard InChI is InChI=1S/C16H20ClFN2O4S/c17-14-9-12(18)1-2-15(14)24-10-16(21)20-6-4-19(5-7-20)13-3-8-25(22,23)11-13/h1-2,9,13H,3-8,10-11H2/t13-/m0/s1. The van der Waals surface area contributed by atoms with E-state index in [-0.39, 0.29) is 40.8 Å². The van der Waals surface area contributed by atoms with E-state index in [9.17, 15) is 17.6 Å². The molecule has 1 aromatic rings. The highest BCUT2D eigenvalue weighted by atomic mass is 35.5. The number of nitrogens with zero attached hydrogens (tertiary/aromatic N) is 2. The van der Waals surface area contributed by atoms with Crippen LogP contribution in [-0.4, -0.2) is 74.5 Å². The molecule has 2 aliphatic heterocycles. The van der Waals surface area contributed by atoms with Crippen molar-refractivity contribution < 1.29 is 22.3 Å². The van der Waals surface area contributed by atoms with E-state index in [1.54, 1.807) is 4.90 Å². The minimum absolute atomic E-state index is 0.0662. The summed E-state index contributed by atoms with van der Waals surface area (Å²) in [6.45, 7) is 2.22. The highest BCUT2D eigenvalue weighted by molar-refractivity contribution is 7.91. The topological polar surface area (TPSA) is 66.9 Å². The molecule has 138 valence electrons. The van der Waals surface area contributed by atoms with Crippen LogP contribution in [-0.2, 0) is 14.6 Å². The Hall–Kier alpha value is -1.38. The van der Waals surface area contributed by atoms with Gasteiger partial charge in [0.25, 0.3) is 5.91 Å². The van der Waals surface area contributed by atoms with Gasteiger partial charge in [-0.3, -0.25) is 9.69 Å². The molecule has 6 nitrogen and oxygen atoms in total. The summed E-state index contributed by atoms with van der Waals surface area (Å²) >= 11 is 5.87. The highest BCUT2D eigenvalue weighted by Crippen LogP contribution is 2.25.